The molecule has 0 bridgehead atoms. The Kier molecular flexibility index (Phi) is 7.47. The molecule has 0 heterocycles. The van der Waals surface area contributed by atoms with E-state index in [9.17, 15) is 4.79 Å². The highest BCUT2D eigenvalue weighted by molar-refractivity contribution is 9.10. The Balaban J connectivity index is 1.50. The maximum atomic E-state index is 12.1. The average molecular weight is 472 g/mol. The van der Waals surface area contributed by atoms with E-state index in [1.807, 2.05) is 78.9 Å². The first kappa shape index (κ1) is 20.4. The van der Waals surface area contributed by atoms with Gasteiger partial charge in [0.05, 0.1) is 5.75 Å². The van der Waals surface area contributed by atoms with E-state index in [2.05, 4.69) is 31.9 Å². The van der Waals surface area contributed by atoms with Crippen molar-refractivity contribution < 1.29 is 4.79 Å². The summed E-state index contributed by atoms with van der Waals surface area (Å²) in [5.74, 6) is 0.277. The smallest absolute Gasteiger partial charge is 0.234 e. The number of carbonyl (C=O) groups is 1. The van der Waals surface area contributed by atoms with Crippen LogP contribution >= 0.6 is 39.9 Å². The molecule has 7 heteroatoms. The van der Waals surface area contributed by atoms with Gasteiger partial charge in [-0.1, -0.05) is 40.2 Å². The molecular weight excluding hydrogens is 454 g/mol. The fourth-order valence-corrected chi connectivity index (χ4v) is 3.61. The largest absolute Gasteiger partial charge is 0.332 e. The Bertz CT molecular complexity index is 949. The first-order valence-corrected chi connectivity index (χ1v) is 10.7. The van der Waals surface area contributed by atoms with Gasteiger partial charge in [0.25, 0.3) is 0 Å². The van der Waals surface area contributed by atoms with E-state index in [4.69, 9.17) is 12.2 Å². The summed E-state index contributed by atoms with van der Waals surface area (Å²) in [7, 11) is 0. The molecule has 3 N–H and O–H groups in total. The number of carbonyl (C=O) groups excluding carboxylic acids is 1. The van der Waals surface area contributed by atoms with Crippen LogP contribution in [-0.4, -0.2) is 16.8 Å². The molecule has 3 rings (SSSR count). The van der Waals surface area contributed by atoms with Gasteiger partial charge in [0.1, 0.15) is 0 Å². The summed E-state index contributed by atoms with van der Waals surface area (Å²) in [6.07, 6.45) is 0. The second kappa shape index (κ2) is 10.3. The average Bonchev–Trinajstić information content (AvgIpc) is 2.69. The number of halogens is 1. The van der Waals surface area contributed by atoms with E-state index in [0.29, 0.717) is 10.9 Å². The zero-order valence-corrected chi connectivity index (χ0v) is 18.0. The van der Waals surface area contributed by atoms with E-state index in [-0.39, 0.29) is 5.91 Å². The van der Waals surface area contributed by atoms with Crippen molar-refractivity contribution >= 4 is 68.0 Å². The van der Waals surface area contributed by atoms with Gasteiger partial charge in [0.2, 0.25) is 5.91 Å². The molecular formula is C21H18BrN3OS2. The van der Waals surface area contributed by atoms with Crippen molar-refractivity contribution in [3.8, 4) is 0 Å². The molecule has 4 nitrogen and oxygen atoms in total. The number of hydrogen-bond acceptors (Lipinski definition) is 3. The van der Waals surface area contributed by atoms with Crippen molar-refractivity contribution in [1.82, 2.24) is 0 Å². The summed E-state index contributed by atoms with van der Waals surface area (Å²) in [4.78, 5) is 13.1. The summed E-state index contributed by atoms with van der Waals surface area (Å²) >= 11 is 10.2. The van der Waals surface area contributed by atoms with Gasteiger partial charge in [-0.25, -0.2) is 0 Å². The summed E-state index contributed by atoms with van der Waals surface area (Å²) in [6.45, 7) is 0. The molecule has 0 aromatic heterocycles. The van der Waals surface area contributed by atoms with Gasteiger partial charge in [0.15, 0.2) is 5.11 Å². The lowest BCUT2D eigenvalue weighted by Gasteiger charge is -2.11. The van der Waals surface area contributed by atoms with Crippen molar-refractivity contribution in [2.75, 3.05) is 21.7 Å². The minimum Gasteiger partial charge on any atom is -0.332 e. The normalized spacial score (nSPS) is 10.2. The third kappa shape index (κ3) is 6.67. The van der Waals surface area contributed by atoms with Crippen LogP contribution in [0.4, 0.5) is 17.1 Å². The van der Waals surface area contributed by atoms with E-state index >= 15 is 0 Å². The van der Waals surface area contributed by atoms with Crippen molar-refractivity contribution in [3.05, 3.63) is 83.3 Å². The molecule has 0 unspecified atom stereocenters. The number of thioether (sulfide) groups is 1. The molecule has 0 aliphatic heterocycles. The molecule has 0 fully saturated rings. The molecule has 3 aromatic carbocycles. The van der Waals surface area contributed by atoms with E-state index in [1.54, 1.807) is 0 Å². The standard InChI is InChI=1S/C21H18BrN3OS2/c22-15-9-11-17(12-10-15)23-20(26)14-28-19-8-4-7-18(13-19)25-21(27)24-16-5-2-1-3-6-16/h1-13H,14H2,(H,23,26)(H2,24,25,27). The Morgan fingerprint density at radius 1 is 0.821 bits per heavy atom. The van der Waals surface area contributed by atoms with Crippen LogP contribution in [0.3, 0.4) is 0 Å². The Hall–Kier alpha value is -2.35. The van der Waals surface area contributed by atoms with Crippen LogP contribution in [0.5, 0.6) is 0 Å². The molecule has 0 saturated heterocycles. The zero-order chi connectivity index (χ0) is 19.8. The number of rotatable bonds is 6. The Morgan fingerprint density at radius 3 is 2.21 bits per heavy atom. The third-order valence-electron chi connectivity index (χ3n) is 3.62. The van der Waals surface area contributed by atoms with Crippen molar-refractivity contribution in [3.63, 3.8) is 0 Å². The van der Waals surface area contributed by atoms with Gasteiger partial charge in [-0.05, 0) is 66.8 Å². The van der Waals surface area contributed by atoms with E-state index in [1.165, 1.54) is 11.8 Å². The number of nitrogens with one attached hydrogen (secondary N) is 3. The minimum absolute atomic E-state index is 0.0491. The molecule has 0 aliphatic rings. The quantitative estimate of drug-likeness (QED) is 0.304. The second-order valence-corrected chi connectivity index (χ2v) is 8.19. The minimum atomic E-state index is -0.0491. The van der Waals surface area contributed by atoms with Crippen LogP contribution in [-0.2, 0) is 4.79 Å². The maximum absolute atomic E-state index is 12.1. The third-order valence-corrected chi connectivity index (χ3v) is 5.35. The molecule has 28 heavy (non-hydrogen) atoms. The predicted octanol–water partition coefficient (Wildman–Crippen LogP) is 5.99. The van der Waals surface area contributed by atoms with Gasteiger partial charge < -0.3 is 16.0 Å². The van der Waals surface area contributed by atoms with Crippen molar-refractivity contribution in [2.24, 2.45) is 0 Å². The SMILES string of the molecule is O=C(CSc1cccc(NC(=S)Nc2ccccc2)c1)Nc1ccc(Br)cc1. The molecule has 1 amide bonds. The van der Waals surface area contributed by atoms with Crippen LogP contribution < -0.4 is 16.0 Å². The molecule has 0 atom stereocenters. The van der Waals surface area contributed by atoms with Gasteiger partial charge >= 0.3 is 0 Å². The van der Waals surface area contributed by atoms with Gasteiger partial charge in [0, 0.05) is 26.4 Å². The summed E-state index contributed by atoms with van der Waals surface area (Å²) in [6, 6.07) is 25.1. The van der Waals surface area contributed by atoms with E-state index < -0.39 is 0 Å². The highest BCUT2D eigenvalue weighted by atomic mass is 79.9. The summed E-state index contributed by atoms with van der Waals surface area (Å²) < 4.78 is 0.976. The molecule has 3 aromatic rings. The summed E-state index contributed by atoms with van der Waals surface area (Å²) in [5.41, 5.74) is 2.57. The van der Waals surface area contributed by atoms with Crippen molar-refractivity contribution in [2.45, 2.75) is 4.90 Å². The lowest BCUT2D eigenvalue weighted by Crippen LogP contribution is -2.19. The van der Waals surface area contributed by atoms with Crippen LogP contribution in [0.1, 0.15) is 0 Å². The zero-order valence-electron chi connectivity index (χ0n) is 14.8. The molecule has 0 saturated carbocycles. The number of anilines is 3. The molecule has 0 radical (unpaired) electrons. The monoisotopic (exact) mass is 471 g/mol. The number of benzene rings is 3. The van der Waals surface area contributed by atoms with Crippen LogP contribution in [0.2, 0.25) is 0 Å². The Morgan fingerprint density at radius 2 is 1.46 bits per heavy atom. The first-order valence-electron chi connectivity index (χ1n) is 8.50. The van der Waals surface area contributed by atoms with Crippen molar-refractivity contribution in [1.29, 1.82) is 0 Å². The number of para-hydroxylation sites is 1. The fraction of sp³-hybridized carbons (Fsp3) is 0.0476. The molecule has 0 spiro atoms. The summed E-state index contributed by atoms with van der Waals surface area (Å²) in [5, 5.41) is 9.70. The number of amides is 1. The fourth-order valence-electron chi connectivity index (χ4n) is 2.36. The number of hydrogen-bond donors (Lipinski definition) is 3. The first-order chi connectivity index (χ1) is 13.6. The van der Waals surface area contributed by atoms with Gasteiger partial charge in [-0.15, -0.1) is 11.8 Å². The van der Waals surface area contributed by atoms with Crippen LogP contribution in [0.15, 0.2) is 88.2 Å². The number of thiocarbonyl (C=S) groups is 1. The van der Waals surface area contributed by atoms with Gasteiger partial charge in [-0.3, -0.25) is 4.79 Å². The van der Waals surface area contributed by atoms with Gasteiger partial charge in [-0.2, -0.15) is 0 Å². The predicted molar refractivity (Wildman–Crippen MR) is 126 cm³/mol. The lowest BCUT2D eigenvalue weighted by molar-refractivity contribution is -0.113. The lowest BCUT2D eigenvalue weighted by atomic mass is 10.3. The Labute approximate surface area is 182 Å². The van der Waals surface area contributed by atoms with Crippen LogP contribution in [0.25, 0.3) is 0 Å². The highest BCUT2D eigenvalue weighted by Gasteiger charge is 2.05. The van der Waals surface area contributed by atoms with E-state index in [0.717, 1.165) is 26.4 Å². The topological polar surface area (TPSA) is 53.2 Å². The molecule has 0 aliphatic carbocycles. The second-order valence-electron chi connectivity index (χ2n) is 5.82. The van der Waals surface area contributed by atoms with Crippen LogP contribution in [0, 0.1) is 0 Å². The maximum Gasteiger partial charge on any atom is 0.234 e. The highest BCUT2D eigenvalue weighted by Crippen LogP contribution is 2.22. The molecule has 142 valence electrons.